The standard InChI is InChI=1S/C14H24N2O4S/c1-11-10-14(12(2)20-11)21(17,18)16-7-4-13(5-8-16)19-9-3-6-15/h10,13H,3-9,15H2,1-2H3. The summed E-state index contributed by atoms with van der Waals surface area (Å²) in [5.74, 6) is 1.07. The van der Waals surface area contributed by atoms with E-state index in [0.29, 0.717) is 37.8 Å². The second-order valence-corrected chi connectivity index (χ2v) is 7.30. The van der Waals surface area contributed by atoms with Crippen LogP contribution in [-0.4, -0.2) is 45.1 Å². The molecular formula is C14H24N2O4S. The molecule has 0 aromatic carbocycles. The zero-order valence-corrected chi connectivity index (χ0v) is 13.5. The fraction of sp³-hybridized carbons (Fsp3) is 0.714. The highest BCUT2D eigenvalue weighted by Gasteiger charge is 2.32. The van der Waals surface area contributed by atoms with Gasteiger partial charge < -0.3 is 14.9 Å². The minimum absolute atomic E-state index is 0.134. The average Bonchev–Trinajstić information content (AvgIpc) is 2.79. The number of ether oxygens (including phenoxy) is 1. The summed E-state index contributed by atoms with van der Waals surface area (Å²) in [6.45, 7) is 5.67. The van der Waals surface area contributed by atoms with Crippen LogP contribution >= 0.6 is 0 Å². The molecule has 0 bridgehead atoms. The molecule has 0 atom stereocenters. The smallest absolute Gasteiger partial charge is 0.246 e. The van der Waals surface area contributed by atoms with E-state index in [4.69, 9.17) is 14.9 Å². The van der Waals surface area contributed by atoms with Gasteiger partial charge in [-0.3, -0.25) is 0 Å². The fourth-order valence-corrected chi connectivity index (χ4v) is 4.26. The third-order valence-corrected chi connectivity index (χ3v) is 5.72. The van der Waals surface area contributed by atoms with Crippen molar-refractivity contribution < 1.29 is 17.6 Å². The molecule has 2 rings (SSSR count). The van der Waals surface area contributed by atoms with Crippen LogP contribution in [0.4, 0.5) is 0 Å². The summed E-state index contributed by atoms with van der Waals surface area (Å²) in [7, 11) is -3.46. The first-order valence-corrected chi connectivity index (χ1v) is 8.78. The lowest BCUT2D eigenvalue weighted by Gasteiger charge is -2.31. The minimum Gasteiger partial charge on any atom is -0.465 e. The molecule has 0 radical (unpaired) electrons. The summed E-state index contributed by atoms with van der Waals surface area (Å²) < 4.78 is 37.7. The molecular weight excluding hydrogens is 292 g/mol. The van der Waals surface area contributed by atoms with Crippen LogP contribution in [0.2, 0.25) is 0 Å². The lowest BCUT2D eigenvalue weighted by atomic mass is 10.1. The number of sulfonamides is 1. The van der Waals surface area contributed by atoms with Gasteiger partial charge in [0.15, 0.2) is 0 Å². The molecule has 1 aliphatic rings. The van der Waals surface area contributed by atoms with Gasteiger partial charge >= 0.3 is 0 Å². The molecule has 120 valence electrons. The number of rotatable bonds is 6. The Kier molecular flexibility index (Phi) is 5.43. The van der Waals surface area contributed by atoms with Gasteiger partial charge in [0, 0.05) is 19.7 Å². The van der Waals surface area contributed by atoms with Crippen molar-refractivity contribution in [2.45, 2.75) is 44.1 Å². The molecule has 0 unspecified atom stereocenters. The van der Waals surface area contributed by atoms with Crippen LogP contribution < -0.4 is 5.73 Å². The largest absolute Gasteiger partial charge is 0.465 e. The summed E-state index contributed by atoms with van der Waals surface area (Å²) in [6, 6.07) is 1.59. The van der Waals surface area contributed by atoms with E-state index >= 15 is 0 Å². The Balaban J connectivity index is 1.96. The quantitative estimate of drug-likeness (QED) is 0.802. The first-order chi connectivity index (χ1) is 9.95. The molecule has 2 heterocycles. The van der Waals surface area contributed by atoms with E-state index < -0.39 is 10.0 Å². The molecule has 7 heteroatoms. The maximum Gasteiger partial charge on any atom is 0.246 e. The van der Waals surface area contributed by atoms with E-state index in [-0.39, 0.29) is 11.0 Å². The monoisotopic (exact) mass is 316 g/mol. The third kappa shape index (κ3) is 3.85. The molecule has 0 amide bonds. The van der Waals surface area contributed by atoms with Crippen molar-refractivity contribution in [3.05, 3.63) is 17.6 Å². The summed E-state index contributed by atoms with van der Waals surface area (Å²) in [5, 5.41) is 0. The second kappa shape index (κ2) is 6.91. The van der Waals surface area contributed by atoms with E-state index in [1.165, 1.54) is 4.31 Å². The lowest BCUT2D eigenvalue weighted by molar-refractivity contribution is 0.0209. The zero-order valence-electron chi connectivity index (χ0n) is 12.7. The van der Waals surface area contributed by atoms with Gasteiger partial charge in [0.25, 0.3) is 0 Å². The molecule has 0 spiro atoms. The van der Waals surface area contributed by atoms with Crippen molar-refractivity contribution in [3.63, 3.8) is 0 Å². The molecule has 0 aliphatic carbocycles. The number of nitrogens with zero attached hydrogens (tertiary/aromatic N) is 1. The number of furan rings is 1. The van der Waals surface area contributed by atoms with Gasteiger partial charge in [0.05, 0.1) is 6.10 Å². The Morgan fingerprint density at radius 2 is 2.05 bits per heavy atom. The van der Waals surface area contributed by atoms with Crippen LogP contribution in [0.5, 0.6) is 0 Å². The molecule has 1 saturated heterocycles. The first-order valence-electron chi connectivity index (χ1n) is 7.34. The number of piperidine rings is 1. The van der Waals surface area contributed by atoms with Gasteiger partial charge in [-0.15, -0.1) is 0 Å². The summed E-state index contributed by atoms with van der Waals surface area (Å²) in [5.41, 5.74) is 5.43. The Labute approximate surface area is 126 Å². The SMILES string of the molecule is Cc1cc(S(=O)(=O)N2CCC(OCCCN)CC2)c(C)o1. The summed E-state index contributed by atoms with van der Waals surface area (Å²) in [6.07, 6.45) is 2.42. The summed E-state index contributed by atoms with van der Waals surface area (Å²) in [4.78, 5) is 0.280. The molecule has 21 heavy (non-hydrogen) atoms. The van der Waals surface area contributed by atoms with Gasteiger partial charge in [-0.05, 0) is 45.7 Å². The number of nitrogens with two attached hydrogens (primary N) is 1. The van der Waals surface area contributed by atoms with Gasteiger partial charge in [-0.25, -0.2) is 8.42 Å². The van der Waals surface area contributed by atoms with Crippen molar-refractivity contribution in [1.82, 2.24) is 4.31 Å². The molecule has 1 aromatic heterocycles. The van der Waals surface area contributed by atoms with Crippen LogP contribution in [0.15, 0.2) is 15.4 Å². The van der Waals surface area contributed by atoms with E-state index in [9.17, 15) is 8.42 Å². The number of hydrogen-bond donors (Lipinski definition) is 1. The van der Waals surface area contributed by atoms with Crippen LogP contribution in [0.3, 0.4) is 0 Å². The minimum atomic E-state index is -3.46. The molecule has 6 nitrogen and oxygen atoms in total. The number of aryl methyl sites for hydroxylation is 2. The third-order valence-electron chi connectivity index (χ3n) is 3.72. The zero-order chi connectivity index (χ0) is 15.5. The van der Waals surface area contributed by atoms with Crippen LogP contribution in [0, 0.1) is 13.8 Å². The Bertz CT molecular complexity index is 560. The van der Waals surface area contributed by atoms with Crippen LogP contribution in [0.25, 0.3) is 0 Å². The fourth-order valence-electron chi connectivity index (χ4n) is 2.58. The van der Waals surface area contributed by atoms with Crippen molar-refractivity contribution in [1.29, 1.82) is 0 Å². The highest BCUT2D eigenvalue weighted by molar-refractivity contribution is 7.89. The van der Waals surface area contributed by atoms with Gasteiger partial charge in [0.2, 0.25) is 10.0 Å². The van der Waals surface area contributed by atoms with E-state index in [2.05, 4.69) is 0 Å². The highest BCUT2D eigenvalue weighted by atomic mass is 32.2. The average molecular weight is 316 g/mol. The second-order valence-electron chi connectivity index (χ2n) is 5.39. The van der Waals surface area contributed by atoms with E-state index in [1.54, 1.807) is 19.9 Å². The normalized spacial score (nSPS) is 18.2. The molecule has 0 saturated carbocycles. The van der Waals surface area contributed by atoms with Crippen molar-refractivity contribution >= 4 is 10.0 Å². The molecule has 2 N–H and O–H groups in total. The lowest BCUT2D eigenvalue weighted by Crippen LogP contribution is -2.41. The number of hydrogen-bond acceptors (Lipinski definition) is 5. The topological polar surface area (TPSA) is 85.8 Å². The first kappa shape index (κ1) is 16.5. The van der Waals surface area contributed by atoms with Crippen molar-refractivity contribution in [2.75, 3.05) is 26.2 Å². The maximum absolute atomic E-state index is 12.6. The van der Waals surface area contributed by atoms with Crippen molar-refractivity contribution in [2.24, 2.45) is 5.73 Å². The summed E-state index contributed by atoms with van der Waals surface area (Å²) >= 11 is 0. The molecule has 1 fully saturated rings. The van der Waals surface area contributed by atoms with Gasteiger partial charge in [-0.1, -0.05) is 0 Å². The van der Waals surface area contributed by atoms with Crippen LogP contribution in [0.1, 0.15) is 30.8 Å². The van der Waals surface area contributed by atoms with E-state index in [1.807, 2.05) is 0 Å². The maximum atomic E-state index is 12.6. The predicted octanol–water partition coefficient (Wildman–Crippen LogP) is 1.41. The van der Waals surface area contributed by atoms with Crippen LogP contribution in [-0.2, 0) is 14.8 Å². The Morgan fingerprint density at radius 3 is 2.57 bits per heavy atom. The molecule has 1 aliphatic heterocycles. The Morgan fingerprint density at radius 1 is 1.38 bits per heavy atom. The molecule has 1 aromatic rings. The predicted molar refractivity (Wildman–Crippen MR) is 79.6 cm³/mol. The van der Waals surface area contributed by atoms with Crippen molar-refractivity contribution in [3.8, 4) is 0 Å². The highest BCUT2D eigenvalue weighted by Crippen LogP contribution is 2.26. The van der Waals surface area contributed by atoms with Gasteiger partial charge in [-0.2, -0.15) is 4.31 Å². The van der Waals surface area contributed by atoms with E-state index in [0.717, 1.165) is 19.3 Å². The Hall–Kier alpha value is -0.890. The van der Waals surface area contributed by atoms with Gasteiger partial charge in [0.1, 0.15) is 16.4 Å².